The van der Waals surface area contributed by atoms with E-state index in [0.29, 0.717) is 24.4 Å². The molecule has 1 aliphatic heterocycles. The van der Waals surface area contributed by atoms with Gasteiger partial charge >= 0.3 is 0 Å². The fourth-order valence-electron chi connectivity index (χ4n) is 3.30. The van der Waals surface area contributed by atoms with Crippen molar-refractivity contribution in [3.63, 3.8) is 0 Å². The summed E-state index contributed by atoms with van der Waals surface area (Å²) in [6.07, 6.45) is 0.594. The molecule has 1 N–H and O–H groups in total. The number of sulfonamides is 1. The monoisotopic (exact) mass is 344 g/mol. The Morgan fingerprint density at radius 3 is 2.79 bits per heavy atom. The van der Waals surface area contributed by atoms with Gasteiger partial charge in [-0.15, -0.1) is 0 Å². The number of nitrogens with one attached hydrogen (secondary N) is 1. The maximum absolute atomic E-state index is 13.4. The largest absolute Gasteiger partial charge is 0.358 e. The van der Waals surface area contributed by atoms with Crippen LogP contribution < -0.4 is 0 Å². The number of nitrogens with zero attached hydrogens (tertiary/aromatic N) is 1. The Morgan fingerprint density at radius 2 is 2.00 bits per heavy atom. The van der Waals surface area contributed by atoms with E-state index >= 15 is 0 Å². The number of fused-ring (bicyclic) bond motifs is 3. The fourth-order valence-corrected chi connectivity index (χ4v) is 4.81. The van der Waals surface area contributed by atoms with Crippen LogP contribution in [0, 0.1) is 12.7 Å². The summed E-state index contributed by atoms with van der Waals surface area (Å²) in [6, 6.07) is 11.5. The summed E-state index contributed by atoms with van der Waals surface area (Å²) >= 11 is 0. The van der Waals surface area contributed by atoms with E-state index in [1.165, 1.54) is 16.4 Å². The van der Waals surface area contributed by atoms with Crippen molar-refractivity contribution in [1.82, 2.24) is 9.29 Å². The van der Waals surface area contributed by atoms with E-state index in [1.807, 2.05) is 13.0 Å². The predicted molar refractivity (Wildman–Crippen MR) is 90.7 cm³/mol. The van der Waals surface area contributed by atoms with Gasteiger partial charge in [0.25, 0.3) is 0 Å². The Bertz CT molecular complexity index is 1040. The lowest BCUT2D eigenvalue weighted by atomic mass is 10.1. The average molecular weight is 344 g/mol. The number of aromatic nitrogens is 1. The zero-order valence-electron chi connectivity index (χ0n) is 13.2. The maximum atomic E-state index is 13.4. The summed E-state index contributed by atoms with van der Waals surface area (Å²) in [5.74, 6) is -0.301. The molecule has 0 saturated carbocycles. The van der Waals surface area contributed by atoms with Gasteiger partial charge in [0.2, 0.25) is 10.0 Å². The normalized spacial score (nSPS) is 15.6. The highest BCUT2D eigenvalue weighted by molar-refractivity contribution is 7.89. The second-order valence-corrected chi connectivity index (χ2v) is 8.12. The molecule has 2 aromatic carbocycles. The topological polar surface area (TPSA) is 53.2 Å². The highest BCUT2D eigenvalue weighted by Crippen LogP contribution is 2.31. The quantitative estimate of drug-likeness (QED) is 0.775. The number of hydrogen-bond donors (Lipinski definition) is 1. The third kappa shape index (κ3) is 2.42. The Morgan fingerprint density at radius 1 is 1.17 bits per heavy atom. The molecular formula is C18H17FN2O2S. The van der Waals surface area contributed by atoms with E-state index < -0.39 is 10.0 Å². The summed E-state index contributed by atoms with van der Waals surface area (Å²) in [5.41, 5.74) is 3.56. The highest BCUT2D eigenvalue weighted by atomic mass is 32.2. The van der Waals surface area contributed by atoms with E-state index in [4.69, 9.17) is 0 Å². The first-order chi connectivity index (χ1) is 11.4. The lowest BCUT2D eigenvalue weighted by Crippen LogP contribution is -2.35. The summed E-state index contributed by atoms with van der Waals surface area (Å²) in [7, 11) is -3.54. The zero-order valence-corrected chi connectivity index (χ0v) is 14.0. The molecule has 0 unspecified atom stereocenters. The minimum atomic E-state index is -3.54. The molecule has 6 heteroatoms. The molecule has 0 saturated heterocycles. The third-order valence-electron chi connectivity index (χ3n) is 4.53. The Kier molecular flexibility index (Phi) is 3.47. The molecule has 1 aliphatic rings. The van der Waals surface area contributed by atoms with Gasteiger partial charge in [0.05, 0.1) is 4.90 Å². The van der Waals surface area contributed by atoms with Crippen LogP contribution in [0.3, 0.4) is 0 Å². The van der Waals surface area contributed by atoms with Crippen LogP contribution in [-0.2, 0) is 23.0 Å². The number of rotatable bonds is 2. The van der Waals surface area contributed by atoms with Crippen LogP contribution in [-0.4, -0.2) is 24.3 Å². The van der Waals surface area contributed by atoms with Crippen molar-refractivity contribution >= 4 is 20.9 Å². The van der Waals surface area contributed by atoms with Crippen LogP contribution >= 0.6 is 0 Å². The number of aryl methyl sites for hydroxylation is 1. The molecule has 4 rings (SSSR count). The van der Waals surface area contributed by atoms with Crippen LogP contribution in [0.1, 0.15) is 16.8 Å². The zero-order chi connectivity index (χ0) is 16.9. The first-order valence-corrected chi connectivity index (χ1v) is 9.25. The molecule has 0 amide bonds. The molecule has 2 heterocycles. The van der Waals surface area contributed by atoms with Crippen molar-refractivity contribution in [3.05, 3.63) is 65.1 Å². The number of aromatic amines is 1. The Balaban J connectivity index is 1.75. The van der Waals surface area contributed by atoms with Gasteiger partial charge in [-0.05, 0) is 48.4 Å². The van der Waals surface area contributed by atoms with Crippen LogP contribution in [0.15, 0.2) is 47.4 Å². The van der Waals surface area contributed by atoms with E-state index in [2.05, 4.69) is 4.98 Å². The van der Waals surface area contributed by atoms with Crippen LogP contribution in [0.2, 0.25) is 0 Å². The fraction of sp³-hybridized carbons (Fsp3) is 0.222. The van der Waals surface area contributed by atoms with Gasteiger partial charge in [-0.3, -0.25) is 0 Å². The van der Waals surface area contributed by atoms with Crippen LogP contribution in [0.5, 0.6) is 0 Å². The standard InChI is InChI=1S/C18H17FN2O2S/c1-12-3-2-4-14(9-12)24(22,23)21-8-7-17-16(11-21)15-6-5-13(19)10-18(15)20-17/h2-6,9-10,20H,7-8,11H2,1H3. The van der Waals surface area contributed by atoms with Gasteiger partial charge in [0.1, 0.15) is 5.82 Å². The maximum Gasteiger partial charge on any atom is 0.243 e. The minimum absolute atomic E-state index is 0.301. The molecule has 4 nitrogen and oxygen atoms in total. The van der Waals surface area contributed by atoms with E-state index in [-0.39, 0.29) is 5.82 Å². The molecule has 3 aromatic rings. The smallest absolute Gasteiger partial charge is 0.243 e. The van der Waals surface area contributed by atoms with Gasteiger partial charge in [-0.2, -0.15) is 4.31 Å². The first kappa shape index (κ1) is 15.4. The SMILES string of the molecule is Cc1cccc(S(=O)(=O)N2CCc3[nH]c4cc(F)ccc4c3C2)c1. The second kappa shape index (κ2) is 5.43. The van der Waals surface area contributed by atoms with Crippen molar-refractivity contribution in [1.29, 1.82) is 0 Å². The molecule has 0 spiro atoms. The molecule has 1 aromatic heterocycles. The summed E-state index contributed by atoms with van der Waals surface area (Å²) < 4.78 is 40.7. The van der Waals surface area contributed by atoms with Gasteiger partial charge in [0, 0.05) is 36.1 Å². The predicted octanol–water partition coefficient (Wildman–Crippen LogP) is 3.36. The molecular weight excluding hydrogens is 327 g/mol. The van der Waals surface area contributed by atoms with Crippen molar-refractivity contribution < 1.29 is 12.8 Å². The highest BCUT2D eigenvalue weighted by Gasteiger charge is 2.30. The first-order valence-electron chi connectivity index (χ1n) is 7.81. The molecule has 0 aliphatic carbocycles. The van der Waals surface area contributed by atoms with Crippen molar-refractivity contribution in [2.45, 2.75) is 24.8 Å². The molecule has 0 fully saturated rings. The Labute approximate surface area is 140 Å². The number of halogens is 1. The van der Waals surface area contributed by atoms with Gasteiger partial charge < -0.3 is 4.98 Å². The summed E-state index contributed by atoms with van der Waals surface area (Å²) in [4.78, 5) is 3.53. The third-order valence-corrected chi connectivity index (χ3v) is 6.37. The molecule has 124 valence electrons. The molecule has 24 heavy (non-hydrogen) atoms. The van der Waals surface area contributed by atoms with Gasteiger partial charge in [-0.1, -0.05) is 12.1 Å². The van der Waals surface area contributed by atoms with Crippen molar-refractivity contribution in [2.75, 3.05) is 6.54 Å². The lowest BCUT2D eigenvalue weighted by molar-refractivity contribution is 0.391. The van der Waals surface area contributed by atoms with Crippen molar-refractivity contribution in [2.24, 2.45) is 0 Å². The minimum Gasteiger partial charge on any atom is -0.358 e. The van der Waals surface area contributed by atoms with Gasteiger partial charge in [0.15, 0.2) is 0 Å². The van der Waals surface area contributed by atoms with E-state index in [0.717, 1.165) is 27.7 Å². The summed E-state index contributed by atoms with van der Waals surface area (Å²) in [6.45, 7) is 2.59. The van der Waals surface area contributed by atoms with Crippen LogP contribution in [0.25, 0.3) is 10.9 Å². The summed E-state index contributed by atoms with van der Waals surface area (Å²) in [5, 5.41) is 0.885. The van der Waals surface area contributed by atoms with E-state index in [1.54, 1.807) is 24.3 Å². The van der Waals surface area contributed by atoms with Gasteiger partial charge in [-0.25, -0.2) is 12.8 Å². The van der Waals surface area contributed by atoms with Crippen molar-refractivity contribution in [3.8, 4) is 0 Å². The van der Waals surface area contributed by atoms with Crippen LogP contribution in [0.4, 0.5) is 4.39 Å². The lowest BCUT2D eigenvalue weighted by Gasteiger charge is -2.26. The molecule has 0 radical (unpaired) electrons. The molecule has 0 atom stereocenters. The molecule has 0 bridgehead atoms. The number of hydrogen-bond acceptors (Lipinski definition) is 2. The number of H-pyrrole nitrogens is 1. The number of benzene rings is 2. The average Bonchev–Trinajstić information content (AvgIpc) is 2.91. The van der Waals surface area contributed by atoms with E-state index in [9.17, 15) is 12.8 Å². The Hall–Kier alpha value is -2.18. The second-order valence-electron chi connectivity index (χ2n) is 6.18.